The lowest BCUT2D eigenvalue weighted by molar-refractivity contribution is -0.135. The Hall–Kier alpha value is -4.30. The molecule has 0 saturated carbocycles. The lowest BCUT2D eigenvalue weighted by atomic mass is 10.0. The van der Waals surface area contributed by atoms with Crippen molar-refractivity contribution >= 4 is 29.3 Å². The van der Waals surface area contributed by atoms with Gasteiger partial charge in [-0.05, 0) is 98.6 Å². The molecule has 44 heavy (non-hydrogen) atoms. The van der Waals surface area contributed by atoms with Crippen LogP contribution in [0.1, 0.15) is 64.7 Å². The van der Waals surface area contributed by atoms with Gasteiger partial charge in [0.2, 0.25) is 11.8 Å². The van der Waals surface area contributed by atoms with Crippen LogP contribution >= 0.6 is 0 Å². The molecule has 2 N–H and O–H groups in total. The van der Waals surface area contributed by atoms with Crippen LogP contribution in [-0.2, 0) is 33.6 Å². The Morgan fingerprint density at radius 1 is 0.841 bits per heavy atom. The maximum Gasteiger partial charge on any atom is 0.335 e. The molecular formula is C36H43N3O5. The van der Waals surface area contributed by atoms with Gasteiger partial charge in [-0.15, -0.1) is 0 Å². The summed E-state index contributed by atoms with van der Waals surface area (Å²) in [6, 6.07) is 22.1. The molecule has 0 unspecified atom stereocenters. The van der Waals surface area contributed by atoms with Gasteiger partial charge in [0.05, 0.1) is 18.5 Å². The van der Waals surface area contributed by atoms with E-state index in [9.17, 15) is 19.2 Å². The summed E-state index contributed by atoms with van der Waals surface area (Å²) in [7, 11) is 0. The summed E-state index contributed by atoms with van der Waals surface area (Å²) in [5.41, 5.74) is 5.11. The average molecular weight is 598 g/mol. The molecule has 1 heterocycles. The first-order valence-electron chi connectivity index (χ1n) is 15.5. The van der Waals surface area contributed by atoms with Gasteiger partial charge in [-0.2, -0.15) is 0 Å². The van der Waals surface area contributed by atoms with Crippen LogP contribution in [0.4, 0.5) is 5.69 Å². The number of carboxylic acids is 1. The van der Waals surface area contributed by atoms with E-state index in [1.807, 2.05) is 36.4 Å². The van der Waals surface area contributed by atoms with E-state index in [0.29, 0.717) is 25.1 Å². The molecule has 1 aliphatic rings. The van der Waals surface area contributed by atoms with Crippen LogP contribution in [0.15, 0.2) is 72.8 Å². The molecule has 4 rings (SSSR count). The predicted octanol–water partition coefficient (Wildman–Crippen LogP) is 5.32. The molecule has 3 aromatic carbocycles. The molecular weight excluding hydrogens is 554 g/mol. The molecule has 0 bridgehead atoms. The number of amides is 2. The fourth-order valence-electron chi connectivity index (χ4n) is 5.50. The van der Waals surface area contributed by atoms with Crippen LogP contribution in [-0.4, -0.2) is 71.2 Å². The van der Waals surface area contributed by atoms with E-state index in [4.69, 9.17) is 5.11 Å². The van der Waals surface area contributed by atoms with Gasteiger partial charge in [-0.1, -0.05) is 48.5 Å². The second-order valence-electron chi connectivity index (χ2n) is 11.6. The van der Waals surface area contributed by atoms with Gasteiger partial charge in [0.25, 0.3) is 0 Å². The molecule has 0 spiro atoms. The number of hydrogen-bond donors (Lipinski definition) is 2. The number of hydrogen-bond acceptors (Lipinski definition) is 5. The van der Waals surface area contributed by atoms with Gasteiger partial charge >= 0.3 is 5.97 Å². The van der Waals surface area contributed by atoms with Crippen molar-refractivity contribution in [2.75, 3.05) is 38.0 Å². The first-order valence-corrected chi connectivity index (χ1v) is 15.5. The third kappa shape index (κ3) is 10.5. The Morgan fingerprint density at radius 3 is 2.20 bits per heavy atom. The minimum absolute atomic E-state index is 0.0254. The van der Waals surface area contributed by atoms with Crippen molar-refractivity contribution in [1.82, 2.24) is 9.80 Å². The van der Waals surface area contributed by atoms with E-state index in [1.165, 1.54) is 23.3 Å². The summed E-state index contributed by atoms with van der Waals surface area (Å²) in [6.07, 6.45) is 5.32. The Balaban J connectivity index is 1.27. The summed E-state index contributed by atoms with van der Waals surface area (Å²) in [4.78, 5) is 53.9. The molecule has 232 valence electrons. The average Bonchev–Trinajstić information content (AvgIpc) is 3.54. The van der Waals surface area contributed by atoms with Gasteiger partial charge in [0.1, 0.15) is 0 Å². The fraction of sp³-hybridized carbons (Fsp3) is 0.389. The summed E-state index contributed by atoms with van der Waals surface area (Å²) < 4.78 is 0. The highest BCUT2D eigenvalue weighted by atomic mass is 16.4. The fourth-order valence-corrected chi connectivity index (χ4v) is 5.50. The zero-order valence-corrected chi connectivity index (χ0v) is 25.6. The van der Waals surface area contributed by atoms with Crippen molar-refractivity contribution < 1.29 is 24.3 Å². The van der Waals surface area contributed by atoms with Crippen LogP contribution < -0.4 is 5.32 Å². The third-order valence-corrected chi connectivity index (χ3v) is 8.20. The van der Waals surface area contributed by atoms with E-state index in [0.717, 1.165) is 56.4 Å². The summed E-state index contributed by atoms with van der Waals surface area (Å²) >= 11 is 0. The molecule has 1 saturated heterocycles. The lowest BCUT2D eigenvalue weighted by Crippen LogP contribution is -2.41. The molecule has 0 aliphatic carbocycles. The SMILES string of the molecule is Cc1ccccc1CCCC(=O)Nc1ccc(CC(=O)N(CCN2CCCC2)CC(=O)CCc2ccc(C(=O)O)cc2)cc1. The molecule has 3 aromatic rings. The number of benzene rings is 3. The lowest BCUT2D eigenvalue weighted by Gasteiger charge is -2.25. The molecule has 1 aliphatic heterocycles. The number of ketones is 1. The van der Waals surface area contributed by atoms with E-state index in [1.54, 1.807) is 17.0 Å². The molecule has 2 amide bonds. The van der Waals surface area contributed by atoms with Gasteiger partial charge in [0, 0.05) is 31.6 Å². The Labute approximate surface area is 260 Å². The summed E-state index contributed by atoms with van der Waals surface area (Å²) in [5.74, 6) is -1.14. The second-order valence-corrected chi connectivity index (χ2v) is 11.6. The van der Waals surface area contributed by atoms with Gasteiger partial charge in [-0.3, -0.25) is 14.4 Å². The zero-order chi connectivity index (χ0) is 31.3. The minimum Gasteiger partial charge on any atom is -0.478 e. The maximum atomic E-state index is 13.4. The van der Waals surface area contributed by atoms with Crippen LogP contribution in [0.25, 0.3) is 0 Å². The molecule has 1 fully saturated rings. The topological polar surface area (TPSA) is 107 Å². The largest absolute Gasteiger partial charge is 0.478 e. The van der Waals surface area contributed by atoms with Crippen molar-refractivity contribution in [1.29, 1.82) is 0 Å². The van der Waals surface area contributed by atoms with Crippen molar-refractivity contribution in [2.45, 2.75) is 58.3 Å². The highest BCUT2D eigenvalue weighted by molar-refractivity contribution is 5.91. The maximum absolute atomic E-state index is 13.4. The number of aryl methyl sites for hydroxylation is 3. The third-order valence-electron chi connectivity index (χ3n) is 8.20. The van der Waals surface area contributed by atoms with E-state index >= 15 is 0 Å². The number of carbonyl (C=O) groups excluding carboxylic acids is 3. The zero-order valence-electron chi connectivity index (χ0n) is 25.6. The Bertz CT molecular complexity index is 1410. The van der Waals surface area contributed by atoms with Crippen LogP contribution in [0, 0.1) is 6.92 Å². The number of carbonyl (C=O) groups is 4. The molecule has 8 heteroatoms. The van der Waals surface area contributed by atoms with E-state index in [-0.39, 0.29) is 42.5 Å². The molecule has 0 radical (unpaired) electrons. The van der Waals surface area contributed by atoms with Crippen molar-refractivity contribution in [3.8, 4) is 0 Å². The standard InChI is InChI=1S/C36H43N3O5/c1-27-7-2-3-8-30(27)9-6-10-34(41)37-32-18-13-29(14-19-32)25-35(42)39(24-23-38-21-4-5-22-38)26-33(40)20-15-28-11-16-31(17-12-28)36(43)44/h2-3,7-8,11-14,16-19H,4-6,9-10,15,20-26H2,1H3,(H,37,41)(H,43,44). The number of nitrogens with zero attached hydrogens (tertiary/aromatic N) is 2. The Morgan fingerprint density at radius 2 is 1.52 bits per heavy atom. The number of anilines is 1. The first kappa shape index (κ1) is 32.6. The van der Waals surface area contributed by atoms with Gasteiger partial charge in [-0.25, -0.2) is 4.79 Å². The monoisotopic (exact) mass is 597 g/mol. The molecule has 0 aromatic heterocycles. The number of Topliss-reactive ketones (excluding diaryl/α,β-unsaturated/α-hetero) is 1. The van der Waals surface area contributed by atoms with Crippen molar-refractivity contribution in [3.63, 3.8) is 0 Å². The summed E-state index contributed by atoms with van der Waals surface area (Å²) in [5, 5.41) is 12.0. The molecule has 8 nitrogen and oxygen atoms in total. The summed E-state index contributed by atoms with van der Waals surface area (Å²) in [6.45, 7) is 5.40. The number of aromatic carboxylic acids is 1. The van der Waals surface area contributed by atoms with Crippen LogP contribution in [0.2, 0.25) is 0 Å². The number of rotatable bonds is 16. The minimum atomic E-state index is -0.983. The number of nitrogens with one attached hydrogen (secondary N) is 1. The van der Waals surface area contributed by atoms with Crippen molar-refractivity contribution in [3.05, 3.63) is 101 Å². The van der Waals surface area contributed by atoms with Gasteiger partial charge < -0.3 is 20.2 Å². The van der Waals surface area contributed by atoms with E-state index < -0.39 is 5.97 Å². The highest BCUT2D eigenvalue weighted by Crippen LogP contribution is 2.15. The number of carboxylic acid groups (broad SMARTS) is 1. The van der Waals surface area contributed by atoms with Gasteiger partial charge in [0.15, 0.2) is 5.78 Å². The predicted molar refractivity (Wildman–Crippen MR) is 172 cm³/mol. The quantitative estimate of drug-likeness (QED) is 0.231. The first-order chi connectivity index (χ1) is 21.3. The second kappa shape index (κ2) is 16.5. The Kier molecular flexibility index (Phi) is 12.2. The van der Waals surface area contributed by atoms with Crippen LogP contribution in [0.3, 0.4) is 0 Å². The smallest absolute Gasteiger partial charge is 0.335 e. The molecule has 0 atom stereocenters. The van der Waals surface area contributed by atoms with Crippen molar-refractivity contribution in [2.24, 2.45) is 0 Å². The van der Waals surface area contributed by atoms with E-state index in [2.05, 4.69) is 29.3 Å². The normalized spacial score (nSPS) is 13.0. The van der Waals surface area contributed by atoms with Crippen LogP contribution in [0.5, 0.6) is 0 Å². The number of likely N-dealkylation sites (tertiary alicyclic amines) is 1. The highest BCUT2D eigenvalue weighted by Gasteiger charge is 2.20.